The number of pyridine rings is 1. The first-order chi connectivity index (χ1) is 13.3. The molecule has 0 atom stereocenters. The van der Waals surface area contributed by atoms with Crippen LogP contribution in [0.5, 0.6) is 0 Å². The van der Waals surface area contributed by atoms with Gasteiger partial charge in [-0.25, -0.2) is 10.4 Å². The highest BCUT2D eigenvalue weighted by atomic mass is 16.2. The van der Waals surface area contributed by atoms with Crippen LogP contribution in [0.25, 0.3) is 11.0 Å². The molecule has 0 aliphatic heterocycles. The summed E-state index contributed by atoms with van der Waals surface area (Å²) < 4.78 is 0. The van der Waals surface area contributed by atoms with Crippen molar-refractivity contribution in [1.82, 2.24) is 20.4 Å². The zero-order chi connectivity index (χ0) is 18.5. The molecule has 4 aromatic rings. The number of imidazole rings is 1. The molecule has 0 aliphatic carbocycles. The minimum atomic E-state index is -0.289. The third-order valence-corrected chi connectivity index (χ3v) is 4.06. The van der Waals surface area contributed by atoms with Crippen LogP contribution in [0.2, 0.25) is 0 Å². The van der Waals surface area contributed by atoms with E-state index in [9.17, 15) is 4.79 Å². The Hall–Kier alpha value is -3.80. The first-order valence-electron chi connectivity index (χ1n) is 8.55. The van der Waals surface area contributed by atoms with E-state index in [-0.39, 0.29) is 5.91 Å². The number of fused-ring (bicyclic) bond motifs is 1. The second-order valence-electron chi connectivity index (χ2n) is 6.03. The molecule has 132 valence electrons. The quantitative estimate of drug-likeness (QED) is 0.425. The van der Waals surface area contributed by atoms with Crippen LogP contribution in [0.15, 0.2) is 78.0 Å². The number of amides is 1. The van der Waals surface area contributed by atoms with E-state index in [0.717, 1.165) is 16.9 Å². The van der Waals surface area contributed by atoms with E-state index < -0.39 is 0 Å². The fourth-order valence-corrected chi connectivity index (χ4v) is 2.75. The van der Waals surface area contributed by atoms with Gasteiger partial charge in [0, 0.05) is 18.2 Å². The van der Waals surface area contributed by atoms with E-state index in [1.54, 1.807) is 24.4 Å². The van der Waals surface area contributed by atoms with Crippen molar-refractivity contribution in [3.8, 4) is 0 Å². The van der Waals surface area contributed by atoms with E-state index in [2.05, 4.69) is 37.6 Å². The Kier molecular flexibility index (Phi) is 4.70. The van der Waals surface area contributed by atoms with E-state index in [1.807, 2.05) is 36.4 Å². The van der Waals surface area contributed by atoms with Gasteiger partial charge in [0.1, 0.15) is 5.82 Å². The average molecular weight is 355 g/mol. The van der Waals surface area contributed by atoms with Crippen molar-refractivity contribution >= 4 is 23.2 Å². The second-order valence-corrected chi connectivity index (χ2v) is 6.03. The fraction of sp³-hybridized carbons (Fsp3) is 0.0476. The maximum atomic E-state index is 12.3. The van der Waals surface area contributed by atoms with Crippen LogP contribution in [-0.2, 0) is 6.42 Å². The maximum absolute atomic E-state index is 12.3. The van der Waals surface area contributed by atoms with Crippen molar-refractivity contribution in [1.29, 1.82) is 0 Å². The Labute approximate surface area is 156 Å². The third kappa shape index (κ3) is 4.07. The summed E-state index contributed by atoms with van der Waals surface area (Å²) in [6, 6.07) is 21.0. The molecule has 0 radical (unpaired) electrons. The van der Waals surface area contributed by atoms with Crippen LogP contribution < -0.4 is 5.43 Å². The van der Waals surface area contributed by atoms with Gasteiger partial charge in [-0.15, -0.1) is 0 Å². The zero-order valence-electron chi connectivity index (χ0n) is 14.5. The molecule has 0 fully saturated rings. The van der Waals surface area contributed by atoms with Gasteiger partial charge in [0.25, 0.3) is 5.91 Å². The van der Waals surface area contributed by atoms with E-state index >= 15 is 0 Å². The fourth-order valence-electron chi connectivity index (χ4n) is 2.75. The highest BCUT2D eigenvalue weighted by molar-refractivity contribution is 5.97. The van der Waals surface area contributed by atoms with Gasteiger partial charge in [0.05, 0.1) is 22.9 Å². The predicted octanol–water partition coefficient (Wildman–Crippen LogP) is 3.31. The molecule has 2 N–H and O–H groups in total. The second kappa shape index (κ2) is 7.61. The van der Waals surface area contributed by atoms with Crippen LogP contribution in [0, 0.1) is 0 Å². The smallest absolute Gasteiger partial charge is 0.271 e. The van der Waals surface area contributed by atoms with E-state index in [4.69, 9.17) is 0 Å². The molecule has 1 amide bonds. The summed E-state index contributed by atoms with van der Waals surface area (Å²) in [5, 5.41) is 3.95. The van der Waals surface area contributed by atoms with Gasteiger partial charge in [0.2, 0.25) is 0 Å². The lowest BCUT2D eigenvalue weighted by atomic mass is 10.1. The molecule has 27 heavy (non-hydrogen) atoms. The summed E-state index contributed by atoms with van der Waals surface area (Å²) in [6.45, 7) is 0. The number of rotatable bonds is 5. The number of benzene rings is 2. The van der Waals surface area contributed by atoms with Crippen LogP contribution >= 0.6 is 0 Å². The molecule has 0 unspecified atom stereocenters. The van der Waals surface area contributed by atoms with Crippen molar-refractivity contribution in [2.24, 2.45) is 5.10 Å². The van der Waals surface area contributed by atoms with Crippen molar-refractivity contribution < 1.29 is 4.79 Å². The normalized spacial score (nSPS) is 11.1. The lowest BCUT2D eigenvalue weighted by Gasteiger charge is -1.99. The molecule has 0 saturated carbocycles. The first kappa shape index (κ1) is 16.7. The number of aromatic amines is 1. The van der Waals surface area contributed by atoms with Crippen molar-refractivity contribution in [2.45, 2.75) is 6.42 Å². The number of hydrazone groups is 1. The summed E-state index contributed by atoms with van der Waals surface area (Å²) in [5.41, 5.74) is 6.53. The van der Waals surface area contributed by atoms with Gasteiger partial charge in [-0.3, -0.25) is 9.78 Å². The van der Waals surface area contributed by atoms with Gasteiger partial charge < -0.3 is 4.98 Å². The molecular formula is C21H17N5O. The number of nitrogens with one attached hydrogen (secondary N) is 2. The summed E-state index contributed by atoms with van der Waals surface area (Å²) in [6.07, 6.45) is 3.89. The van der Waals surface area contributed by atoms with Crippen molar-refractivity contribution in [2.75, 3.05) is 0 Å². The Morgan fingerprint density at radius 2 is 1.93 bits per heavy atom. The lowest BCUT2D eigenvalue weighted by Crippen LogP contribution is -2.17. The van der Waals surface area contributed by atoms with Gasteiger partial charge >= 0.3 is 0 Å². The van der Waals surface area contributed by atoms with Crippen LogP contribution in [0.4, 0.5) is 0 Å². The van der Waals surface area contributed by atoms with Gasteiger partial charge in [0.15, 0.2) is 0 Å². The maximum Gasteiger partial charge on any atom is 0.271 e. The first-order valence-corrected chi connectivity index (χ1v) is 8.55. The monoisotopic (exact) mass is 355 g/mol. The number of H-pyrrole nitrogens is 1. The van der Waals surface area contributed by atoms with Crippen molar-refractivity contribution in [3.05, 3.63) is 95.6 Å². The van der Waals surface area contributed by atoms with Gasteiger partial charge in [-0.2, -0.15) is 5.10 Å². The number of hydrogen-bond acceptors (Lipinski definition) is 4. The summed E-state index contributed by atoms with van der Waals surface area (Å²) in [5.74, 6) is 0.574. The molecule has 6 nitrogen and oxygen atoms in total. The molecule has 6 heteroatoms. The molecule has 2 heterocycles. The number of aromatic nitrogens is 3. The minimum Gasteiger partial charge on any atom is -0.342 e. The zero-order valence-corrected chi connectivity index (χ0v) is 14.5. The van der Waals surface area contributed by atoms with Crippen LogP contribution in [0.3, 0.4) is 0 Å². The standard InChI is InChI=1S/C21H17N5O/c27-21(26-23-14-17-8-4-5-11-22-17)16-9-10-18-19(13-16)25-20(24-18)12-15-6-2-1-3-7-15/h1-11,13-14H,12H2,(H,24,25)(H,26,27)/b23-14-. The van der Waals surface area contributed by atoms with Gasteiger partial charge in [-0.1, -0.05) is 36.4 Å². The molecule has 2 aromatic carbocycles. The molecule has 0 aliphatic rings. The Balaban J connectivity index is 1.47. The summed E-state index contributed by atoms with van der Waals surface area (Å²) in [7, 11) is 0. The molecular weight excluding hydrogens is 338 g/mol. The third-order valence-electron chi connectivity index (χ3n) is 4.06. The minimum absolute atomic E-state index is 0.289. The predicted molar refractivity (Wildman–Crippen MR) is 105 cm³/mol. The largest absolute Gasteiger partial charge is 0.342 e. The van der Waals surface area contributed by atoms with E-state index in [0.29, 0.717) is 17.7 Å². The topological polar surface area (TPSA) is 83.0 Å². The number of hydrogen-bond donors (Lipinski definition) is 2. The summed E-state index contributed by atoms with van der Waals surface area (Å²) >= 11 is 0. The van der Waals surface area contributed by atoms with Crippen molar-refractivity contribution in [3.63, 3.8) is 0 Å². The molecule has 0 saturated heterocycles. The molecule has 4 rings (SSSR count). The highest BCUT2D eigenvalue weighted by Gasteiger charge is 2.09. The van der Waals surface area contributed by atoms with Gasteiger partial charge in [-0.05, 0) is 35.9 Å². The SMILES string of the molecule is O=C(N/N=C\c1ccccn1)c1ccc2nc(Cc3ccccc3)[nH]c2c1. The lowest BCUT2D eigenvalue weighted by molar-refractivity contribution is 0.0955. The molecule has 2 aromatic heterocycles. The molecule has 0 spiro atoms. The number of nitrogens with zero attached hydrogens (tertiary/aromatic N) is 3. The van der Waals surface area contributed by atoms with Crippen LogP contribution in [0.1, 0.15) is 27.4 Å². The summed E-state index contributed by atoms with van der Waals surface area (Å²) in [4.78, 5) is 24.3. The van der Waals surface area contributed by atoms with Crippen LogP contribution in [-0.4, -0.2) is 27.1 Å². The highest BCUT2D eigenvalue weighted by Crippen LogP contribution is 2.16. The Morgan fingerprint density at radius 1 is 1.07 bits per heavy atom. The Bertz CT molecular complexity index is 1090. The number of carbonyl (C=O) groups is 1. The average Bonchev–Trinajstić information content (AvgIpc) is 3.11. The van der Waals surface area contributed by atoms with E-state index in [1.165, 1.54) is 11.8 Å². The molecule has 0 bridgehead atoms. The Morgan fingerprint density at radius 3 is 2.74 bits per heavy atom. The number of carbonyl (C=O) groups excluding carboxylic acids is 1.